The fourth-order valence-corrected chi connectivity index (χ4v) is 3.36. The number of amides is 1. The van der Waals surface area contributed by atoms with Crippen LogP contribution < -0.4 is 5.73 Å². The summed E-state index contributed by atoms with van der Waals surface area (Å²) in [5, 5.41) is 3.37. The largest absolute Gasteiger partial charge is 0.471 e. The van der Waals surface area contributed by atoms with Gasteiger partial charge in [0.25, 0.3) is 5.91 Å². The molecule has 2 aromatic heterocycles. The topological polar surface area (TPSA) is 98.1 Å². The van der Waals surface area contributed by atoms with Crippen molar-refractivity contribution >= 4 is 5.91 Å². The van der Waals surface area contributed by atoms with Crippen LogP contribution in [0.15, 0.2) is 16.8 Å². The van der Waals surface area contributed by atoms with Gasteiger partial charge in [-0.15, -0.1) is 0 Å². The van der Waals surface area contributed by atoms with E-state index in [9.17, 15) is 18.0 Å². The maximum atomic E-state index is 12.7. The molecule has 0 aromatic carbocycles. The molecule has 2 aromatic rings. The summed E-state index contributed by atoms with van der Waals surface area (Å²) < 4.78 is 42.3. The van der Waals surface area contributed by atoms with Crippen LogP contribution in [0.2, 0.25) is 0 Å². The van der Waals surface area contributed by atoms with Gasteiger partial charge in [0.15, 0.2) is 0 Å². The molecule has 3 rings (SSSR count). The number of nitrogens with zero attached hydrogens (tertiary/aromatic N) is 4. The number of aromatic nitrogens is 3. The van der Waals surface area contributed by atoms with Crippen molar-refractivity contribution in [2.45, 2.75) is 44.8 Å². The number of primary amides is 1. The van der Waals surface area contributed by atoms with Crippen LogP contribution in [0.3, 0.4) is 0 Å². The molecule has 2 N–H and O–H groups in total. The Hall–Kier alpha value is -2.49. The molecule has 7 nitrogen and oxygen atoms in total. The lowest BCUT2D eigenvalue weighted by molar-refractivity contribution is -0.159. The summed E-state index contributed by atoms with van der Waals surface area (Å²) in [7, 11) is 0. The van der Waals surface area contributed by atoms with Crippen molar-refractivity contribution < 1.29 is 22.5 Å². The highest BCUT2D eigenvalue weighted by atomic mass is 19.4. The minimum atomic E-state index is -4.73. The van der Waals surface area contributed by atoms with Crippen molar-refractivity contribution in [2.75, 3.05) is 13.1 Å². The third-order valence-corrected chi connectivity index (χ3v) is 4.81. The van der Waals surface area contributed by atoms with E-state index in [0.29, 0.717) is 18.2 Å². The Kier molecular flexibility index (Phi) is 5.18. The summed E-state index contributed by atoms with van der Waals surface area (Å²) in [5.41, 5.74) is 6.30. The maximum Gasteiger partial charge on any atom is 0.471 e. The Labute approximate surface area is 153 Å². The van der Waals surface area contributed by atoms with Gasteiger partial charge in [-0.25, -0.2) is 0 Å². The molecular weight excluding hydrogens is 363 g/mol. The highest BCUT2D eigenvalue weighted by Gasteiger charge is 2.38. The summed E-state index contributed by atoms with van der Waals surface area (Å²) >= 11 is 0. The van der Waals surface area contributed by atoms with Crippen molar-refractivity contribution in [3.63, 3.8) is 0 Å². The van der Waals surface area contributed by atoms with Gasteiger partial charge in [-0.2, -0.15) is 18.2 Å². The van der Waals surface area contributed by atoms with E-state index in [0.717, 1.165) is 19.4 Å². The molecule has 1 saturated heterocycles. The van der Waals surface area contributed by atoms with Crippen molar-refractivity contribution in [3.8, 4) is 11.4 Å². The van der Waals surface area contributed by atoms with Gasteiger partial charge in [-0.05, 0) is 43.9 Å². The minimum absolute atomic E-state index is 0.0950. The van der Waals surface area contributed by atoms with Gasteiger partial charge >= 0.3 is 12.1 Å². The standard InChI is InChI=1S/C17H20F3N5O2/c1-9(8-25-5-3-4-10(25)2)12-6-11(7-22-13(12)14(21)26)15-23-16(27-24-15)17(18,19)20/h6-7,9-10H,3-5,8H2,1-2H3,(H2,21,26)/t9-,10-/m0/s1. The van der Waals surface area contributed by atoms with Gasteiger partial charge in [0.2, 0.25) is 5.82 Å². The van der Waals surface area contributed by atoms with E-state index in [-0.39, 0.29) is 23.0 Å². The number of carbonyl (C=O) groups is 1. The molecule has 0 aliphatic carbocycles. The van der Waals surface area contributed by atoms with Crippen molar-refractivity contribution in [1.82, 2.24) is 20.0 Å². The first kappa shape index (κ1) is 19.3. The van der Waals surface area contributed by atoms with Crippen LogP contribution in [0.5, 0.6) is 0 Å². The van der Waals surface area contributed by atoms with E-state index in [1.165, 1.54) is 6.20 Å². The van der Waals surface area contributed by atoms with Gasteiger partial charge in [0, 0.05) is 24.3 Å². The van der Waals surface area contributed by atoms with Crippen LogP contribution in [-0.2, 0) is 6.18 Å². The fraction of sp³-hybridized carbons (Fsp3) is 0.529. The highest BCUT2D eigenvalue weighted by molar-refractivity contribution is 5.92. The molecule has 0 radical (unpaired) electrons. The number of halogens is 3. The summed E-state index contributed by atoms with van der Waals surface area (Å²) in [6, 6.07) is 2.00. The average Bonchev–Trinajstić information content (AvgIpc) is 3.24. The number of rotatable bonds is 5. The minimum Gasteiger partial charge on any atom is -0.364 e. The maximum absolute atomic E-state index is 12.7. The molecule has 0 saturated carbocycles. The zero-order chi connectivity index (χ0) is 19.8. The number of pyridine rings is 1. The van der Waals surface area contributed by atoms with Crippen LogP contribution >= 0.6 is 0 Å². The first-order valence-corrected chi connectivity index (χ1v) is 8.62. The van der Waals surface area contributed by atoms with Crippen molar-refractivity contribution in [3.05, 3.63) is 29.4 Å². The predicted molar refractivity (Wildman–Crippen MR) is 89.7 cm³/mol. The molecule has 3 heterocycles. The molecule has 10 heteroatoms. The molecule has 1 amide bonds. The number of carbonyl (C=O) groups excluding carboxylic acids is 1. The van der Waals surface area contributed by atoms with Gasteiger partial charge in [-0.3, -0.25) is 9.78 Å². The number of nitrogens with two attached hydrogens (primary N) is 1. The Morgan fingerprint density at radius 2 is 2.22 bits per heavy atom. The second kappa shape index (κ2) is 7.26. The Balaban J connectivity index is 1.93. The predicted octanol–water partition coefficient (Wildman–Crippen LogP) is 2.84. The normalized spacial score (nSPS) is 19.4. The first-order chi connectivity index (χ1) is 12.7. The average molecular weight is 383 g/mol. The quantitative estimate of drug-likeness (QED) is 0.853. The second-order valence-electron chi connectivity index (χ2n) is 6.83. The first-order valence-electron chi connectivity index (χ1n) is 8.62. The SMILES string of the molecule is C[C@@H](CN1CCC[C@@H]1C)c1cc(-c2noc(C(F)(F)F)n2)cnc1C(N)=O. The molecule has 146 valence electrons. The monoisotopic (exact) mass is 383 g/mol. The molecule has 27 heavy (non-hydrogen) atoms. The second-order valence-corrected chi connectivity index (χ2v) is 6.83. The number of likely N-dealkylation sites (tertiary alicyclic amines) is 1. The third-order valence-electron chi connectivity index (χ3n) is 4.81. The summed E-state index contributed by atoms with van der Waals surface area (Å²) in [6.45, 7) is 5.72. The Morgan fingerprint density at radius 1 is 1.48 bits per heavy atom. The summed E-state index contributed by atoms with van der Waals surface area (Å²) in [4.78, 5) is 21.5. The Morgan fingerprint density at radius 3 is 2.78 bits per heavy atom. The molecule has 0 bridgehead atoms. The van der Waals surface area contributed by atoms with Gasteiger partial charge in [-0.1, -0.05) is 12.1 Å². The number of hydrogen-bond donors (Lipinski definition) is 1. The van der Waals surface area contributed by atoms with Gasteiger partial charge in [0.1, 0.15) is 5.69 Å². The lowest BCUT2D eigenvalue weighted by Crippen LogP contribution is -2.31. The summed E-state index contributed by atoms with van der Waals surface area (Å²) in [6.07, 6.45) is -1.29. The lowest BCUT2D eigenvalue weighted by Gasteiger charge is -2.25. The Bertz CT molecular complexity index is 836. The van der Waals surface area contributed by atoms with Crippen LogP contribution in [0.25, 0.3) is 11.4 Å². The molecule has 2 atom stereocenters. The molecule has 1 aliphatic rings. The molecule has 0 unspecified atom stereocenters. The third kappa shape index (κ3) is 4.10. The molecular formula is C17H20F3N5O2. The fourth-order valence-electron chi connectivity index (χ4n) is 3.36. The van der Waals surface area contributed by atoms with Crippen molar-refractivity contribution in [2.24, 2.45) is 5.73 Å². The van der Waals surface area contributed by atoms with E-state index in [2.05, 4.69) is 31.5 Å². The van der Waals surface area contributed by atoms with E-state index in [1.807, 2.05) is 6.92 Å². The number of hydrogen-bond acceptors (Lipinski definition) is 6. The lowest BCUT2D eigenvalue weighted by atomic mass is 9.96. The molecule has 1 aliphatic heterocycles. The van der Waals surface area contributed by atoms with E-state index in [1.54, 1.807) is 6.07 Å². The summed E-state index contributed by atoms with van der Waals surface area (Å²) in [5.74, 6) is -2.47. The zero-order valence-electron chi connectivity index (χ0n) is 15.0. The highest BCUT2D eigenvalue weighted by Crippen LogP contribution is 2.31. The van der Waals surface area contributed by atoms with E-state index in [4.69, 9.17) is 5.73 Å². The van der Waals surface area contributed by atoms with Crippen molar-refractivity contribution in [1.29, 1.82) is 0 Å². The van der Waals surface area contributed by atoms with Gasteiger partial charge < -0.3 is 15.2 Å². The van der Waals surface area contributed by atoms with Gasteiger partial charge in [0.05, 0.1) is 0 Å². The van der Waals surface area contributed by atoms with Crippen LogP contribution in [0.1, 0.15) is 54.5 Å². The molecule has 1 fully saturated rings. The van der Waals surface area contributed by atoms with E-state index < -0.39 is 18.0 Å². The van der Waals surface area contributed by atoms with Crippen LogP contribution in [0.4, 0.5) is 13.2 Å². The number of alkyl halides is 3. The van der Waals surface area contributed by atoms with E-state index >= 15 is 0 Å². The zero-order valence-corrected chi connectivity index (χ0v) is 15.0. The smallest absolute Gasteiger partial charge is 0.364 e. The molecule has 0 spiro atoms. The van der Waals surface area contributed by atoms with Crippen LogP contribution in [0, 0.1) is 0 Å². The van der Waals surface area contributed by atoms with Crippen LogP contribution in [-0.4, -0.2) is 45.1 Å².